The van der Waals surface area contributed by atoms with E-state index < -0.39 is 0 Å². The highest BCUT2D eigenvalue weighted by Crippen LogP contribution is 2.47. The molecule has 1 saturated carbocycles. The van der Waals surface area contributed by atoms with Crippen LogP contribution < -0.4 is 9.80 Å². The van der Waals surface area contributed by atoms with Gasteiger partial charge in [0, 0.05) is 43.0 Å². The van der Waals surface area contributed by atoms with Crippen LogP contribution in [0.1, 0.15) is 71.4 Å². The van der Waals surface area contributed by atoms with Crippen molar-refractivity contribution in [3.8, 4) is 0 Å². The van der Waals surface area contributed by atoms with E-state index in [0.717, 1.165) is 32.1 Å². The molecule has 2 aromatic carbocycles. The topological polar surface area (TPSA) is 6.48 Å². The lowest BCUT2D eigenvalue weighted by Crippen LogP contribution is -2.33. The van der Waals surface area contributed by atoms with Crippen molar-refractivity contribution in [1.29, 1.82) is 0 Å². The number of hydrogen-bond acceptors (Lipinski definition) is 2. The van der Waals surface area contributed by atoms with E-state index in [0.29, 0.717) is 0 Å². The van der Waals surface area contributed by atoms with Gasteiger partial charge in [0.25, 0.3) is 0 Å². The van der Waals surface area contributed by atoms with Crippen molar-refractivity contribution in [2.24, 2.45) is 5.92 Å². The monoisotopic (exact) mass is 392 g/mol. The highest BCUT2D eigenvalue weighted by Gasteiger charge is 2.37. The van der Waals surface area contributed by atoms with Crippen LogP contribution in [0.25, 0.3) is 0 Å². The Kier molecular flexibility index (Phi) is 7.27. The van der Waals surface area contributed by atoms with Gasteiger partial charge in [0.2, 0.25) is 0 Å². The molecular formula is C27H40N2. The predicted molar refractivity (Wildman–Crippen MR) is 128 cm³/mol. The Morgan fingerprint density at radius 3 is 1.31 bits per heavy atom. The van der Waals surface area contributed by atoms with E-state index in [1.807, 2.05) is 0 Å². The zero-order chi connectivity index (χ0) is 20.9. The summed E-state index contributed by atoms with van der Waals surface area (Å²) in [7, 11) is 0. The molecule has 0 bridgehead atoms. The summed E-state index contributed by atoms with van der Waals surface area (Å²) in [6, 6.07) is 19.0. The second-order valence-electron chi connectivity index (χ2n) is 8.70. The lowest BCUT2D eigenvalue weighted by Gasteiger charge is -2.41. The number of anilines is 2. The molecule has 2 heteroatoms. The molecule has 1 aliphatic rings. The third-order valence-corrected chi connectivity index (χ3v) is 7.22. The second-order valence-corrected chi connectivity index (χ2v) is 8.70. The summed E-state index contributed by atoms with van der Waals surface area (Å²) in [5.41, 5.74) is 5.84. The molecule has 0 N–H and O–H groups in total. The lowest BCUT2D eigenvalue weighted by molar-refractivity contribution is 0.280. The fourth-order valence-electron chi connectivity index (χ4n) is 5.16. The normalized spacial score (nSPS) is 16.6. The third-order valence-electron chi connectivity index (χ3n) is 7.22. The van der Waals surface area contributed by atoms with Crippen LogP contribution in [0.15, 0.2) is 48.5 Å². The summed E-state index contributed by atoms with van der Waals surface area (Å²) in [5.74, 6) is 0.841. The summed E-state index contributed by atoms with van der Waals surface area (Å²) in [6.07, 6.45) is 5.14. The van der Waals surface area contributed by atoms with E-state index in [2.05, 4.69) is 92.9 Å². The highest BCUT2D eigenvalue weighted by molar-refractivity contribution is 5.53. The van der Waals surface area contributed by atoms with Crippen LogP contribution in [0.2, 0.25) is 0 Å². The molecule has 3 rings (SSSR count). The summed E-state index contributed by atoms with van der Waals surface area (Å²) in [6.45, 7) is 15.6. The van der Waals surface area contributed by atoms with Crippen molar-refractivity contribution in [2.45, 2.75) is 65.7 Å². The molecule has 158 valence electrons. The Morgan fingerprint density at radius 2 is 1.00 bits per heavy atom. The van der Waals surface area contributed by atoms with E-state index in [4.69, 9.17) is 0 Å². The zero-order valence-corrected chi connectivity index (χ0v) is 19.2. The second kappa shape index (κ2) is 9.69. The number of rotatable bonds is 8. The van der Waals surface area contributed by atoms with Crippen LogP contribution in [0, 0.1) is 5.92 Å². The van der Waals surface area contributed by atoms with E-state index in [1.165, 1.54) is 48.2 Å². The number of nitrogens with zero attached hydrogens (tertiary/aromatic N) is 2. The Labute approximate surface area is 178 Å². The van der Waals surface area contributed by atoms with Gasteiger partial charge in [-0.05, 0) is 94.7 Å². The maximum atomic E-state index is 2.43. The van der Waals surface area contributed by atoms with Gasteiger partial charge in [-0.25, -0.2) is 0 Å². The fourth-order valence-corrected chi connectivity index (χ4v) is 5.16. The van der Waals surface area contributed by atoms with Crippen LogP contribution in [-0.2, 0) is 5.41 Å². The van der Waals surface area contributed by atoms with Gasteiger partial charge in [0.1, 0.15) is 0 Å². The summed E-state index contributed by atoms with van der Waals surface area (Å²) in [4.78, 5) is 4.86. The zero-order valence-electron chi connectivity index (χ0n) is 19.2. The molecule has 0 spiro atoms. The molecule has 0 aliphatic heterocycles. The summed E-state index contributed by atoms with van der Waals surface area (Å²) < 4.78 is 0. The van der Waals surface area contributed by atoms with Crippen molar-refractivity contribution in [1.82, 2.24) is 0 Å². The molecule has 0 unspecified atom stereocenters. The van der Waals surface area contributed by atoms with Gasteiger partial charge in [-0.2, -0.15) is 0 Å². The van der Waals surface area contributed by atoms with Crippen molar-refractivity contribution >= 4 is 11.4 Å². The molecule has 0 amide bonds. The van der Waals surface area contributed by atoms with E-state index in [9.17, 15) is 0 Å². The third kappa shape index (κ3) is 4.47. The maximum absolute atomic E-state index is 2.43. The first kappa shape index (κ1) is 21.7. The van der Waals surface area contributed by atoms with Gasteiger partial charge in [-0.3, -0.25) is 0 Å². The van der Waals surface area contributed by atoms with Crippen LogP contribution in [0.4, 0.5) is 11.4 Å². The average molecular weight is 393 g/mol. The Bertz CT molecular complexity index is 674. The smallest absolute Gasteiger partial charge is 0.0366 e. The molecular weight excluding hydrogens is 352 g/mol. The first-order chi connectivity index (χ1) is 14.1. The maximum Gasteiger partial charge on any atom is 0.0366 e. The van der Waals surface area contributed by atoms with E-state index >= 15 is 0 Å². The average Bonchev–Trinajstić information content (AvgIpc) is 2.77. The van der Waals surface area contributed by atoms with Crippen LogP contribution in [0.5, 0.6) is 0 Å². The molecule has 1 fully saturated rings. The molecule has 0 saturated heterocycles. The van der Waals surface area contributed by atoms with Gasteiger partial charge in [-0.1, -0.05) is 31.2 Å². The highest BCUT2D eigenvalue weighted by atomic mass is 15.1. The van der Waals surface area contributed by atoms with Gasteiger partial charge < -0.3 is 9.80 Å². The Hall–Kier alpha value is -1.96. The van der Waals surface area contributed by atoms with Crippen molar-refractivity contribution in [3.63, 3.8) is 0 Å². The van der Waals surface area contributed by atoms with Gasteiger partial charge in [0.15, 0.2) is 0 Å². The predicted octanol–water partition coefficient (Wildman–Crippen LogP) is 6.88. The van der Waals surface area contributed by atoms with E-state index in [1.54, 1.807) is 0 Å². The Morgan fingerprint density at radius 1 is 0.655 bits per heavy atom. The molecule has 2 aromatic rings. The molecule has 0 atom stereocenters. The first-order valence-electron chi connectivity index (χ1n) is 11.8. The first-order valence-corrected chi connectivity index (χ1v) is 11.8. The lowest BCUT2D eigenvalue weighted by atomic mass is 9.63. The van der Waals surface area contributed by atoms with Crippen LogP contribution >= 0.6 is 0 Å². The van der Waals surface area contributed by atoms with Gasteiger partial charge >= 0.3 is 0 Å². The molecule has 1 aliphatic carbocycles. The Balaban J connectivity index is 1.96. The molecule has 0 heterocycles. The molecule has 2 nitrogen and oxygen atoms in total. The molecule has 0 radical (unpaired) electrons. The minimum Gasteiger partial charge on any atom is -0.372 e. The standard InChI is InChI=1S/C27H40N2/c1-6-28(7-2)25-14-10-23(11-15-25)27(20-18-22(5)19-21-27)24-12-16-26(17-13-24)29(8-3)9-4/h10-17,22H,6-9,18-21H2,1-5H3. The largest absolute Gasteiger partial charge is 0.372 e. The minimum absolute atomic E-state index is 0.163. The van der Waals surface area contributed by atoms with Gasteiger partial charge in [0.05, 0.1) is 0 Å². The summed E-state index contributed by atoms with van der Waals surface area (Å²) >= 11 is 0. The fraction of sp³-hybridized carbons (Fsp3) is 0.556. The van der Waals surface area contributed by atoms with Crippen LogP contribution in [-0.4, -0.2) is 26.2 Å². The quantitative estimate of drug-likeness (QED) is 0.483. The number of hydrogen-bond donors (Lipinski definition) is 0. The number of benzene rings is 2. The van der Waals surface area contributed by atoms with E-state index in [-0.39, 0.29) is 5.41 Å². The minimum atomic E-state index is 0.163. The van der Waals surface area contributed by atoms with Crippen molar-refractivity contribution < 1.29 is 0 Å². The molecule has 0 aromatic heterocycles. The van der Waals surface area contributed by atoms with Crippen LogP contribution in [0.3, 0.4) is 0 Å². The summed E-state index contributed by atoms with van der Waals surface area (Å²) in [5, 5.41) is 0. The molecule has 29 heavy (non-hydrogen) atoms. The SMILES string of the molecule is CCN(CC)c1ccc(C2(c3ccc(N(CC)CC)cc3)CCC(C)CC2)cc1. The van der Waals surface area contributed by atoms with Crippen molar-refractivity contribution in [2.75, 3.05) is 36.0 Å². The van der Waals surface area contributed by atoms with Gasteiger partial charge in [-0.15, -0.1) is 0 Å². The van der Waals surface area contributed by atoms with Crippen molar-refractivity contribution in [3.05, 3.63) is 59.7 Å².